The lowest BCUT2D eigenvalue weighted by Gasteiger charge is -2.45. The van der Waals surface area contributed by atoms with Gasteiger partial charge in [-0.3, -0.25) is 4.90 Å². The van der Waals surface area contributed by atoms with Crippen molar-refractivity contribution in [1.82, 2.24) is 10.2 Å². The van der Waals surface area contributed by atoms with Crippen molar-refractivity contribution >= 4 is 0 Å². The maximum Gasteiger partial charge on any atom is 0.0244 e. The summed E-state index contributed by atoms with van der Waals surface area (Å²) in [6.07, 6.45) is 5.82. The van der Waals surface area contributed by atoms with Crippen molar-refractivity contribution in [2.75, 3.05) is 19.6 Å². The van der Waals surface area contributed by atoms with Crippen molar-refractivity contribution in [2.24, 2.45) is 17.3 Å². The van der Waals surface area contributed by atoms with Crippen molar-refractivity contribution in [3.63, 3.8) is 0 Å². The Morgan fingerprint density at radius 1 is 1.16 bits per heavy atom. The van der Waals surface area contributed by atoms with E-state index in [1.54, 1.807) is 0 Å². The van der Waals surface area contributed by atoms with Crippen LogP contribution in [0.3, 0.4) is 0 Å². The minimum absolute atomic E-state index is 0.373. The Bertz CT molecular complexity index is 281. The molecule has 1 heterocycles. The lowest BCUT2D eigenvalue weighted by Crippen LogP contribution is -2.60. The van der Waals surface area contributed by atoms with Crippen LogP contribution in [-0.2, 0) is 0 Å². The molecule has 1 aliphatic heterocycles. The third kappa shape index (κ3) is 4.19. The van der Waals surface area contributed by atoms with Gasteiger partial charge in [0.15, 0.2) is 0 Å². The molecule has 2 heteroatoms. The normalized spacial score (nSPS) is 38.4. The highest BCUT2D eigenvalue weighted by molar-refractivity contribution is 4.91. The van der Waals surface area contributed by atoms with E-state index in [1.807, 2.05) is 0 Å². The Morgan fingerprint density at radius 2 is 1.89 bits per heavy atom. The van der Waals surface area contributed by atoms with Crippen LogP contribution in [0.1, 0.15) is 60.3 Å². The zero-order valence-electron chi connectivity index (χ0n) is 13.7. The molecule has 2 fully saturated rings. The van der Waals surface area contributed by atoms with Crippen LogP contribution in [0.15, 0.2) is 0 Å². The van der Waals surface area contributed by atoms with Crippen molar-refractivity contribution in [2.45, 2.75) is 72.4 Å². The molecule has 1 saturated carbocycles. The predicted octanol–water partition coefficient (Wildman–Crippen LogP) is 3.52. The first kappa shape index (κ1) is 15.3. The third-order valence-corrected chi connectivity index (χ3v) is 5.28. The summed E-state index contributed by atoms with van der Waals surface area (Å²) in [4.78, 5) is 2.76. The summed E-state index contributed by atoms with van der Waals surface area (Å²) in [5, 5.41) is 3.74. The Morgan fingerprint density at radius 3 is 2.53 bits per heavy atom. The number of hydrogen-bond donors (Lipinski definition) is 1. The Hall–Kier alpha value is -0.0800. The largest absolute Gasteiger partial charge is 0.311 e. The fourth-order valence-electron chi connectivity index (χ4n) is 3.81. The van der Waals surface area contributed by atoms with Gasteiger partial charge in [0.2, 0.25) is 0 Å². The molecule has 2 nitrogen and oxygen atoms in total. The fourth-order valence-corrected chi connectivity index (χ4v) is 3.81. The second-order valence-electron chi connectivity index (χ2n) is 8.27. The second-order valence-corrected chi connectivity index (χ2v) is 8.27. The first-order valence-electron chi connectivity index (χ1n) is 8.33. The van der Waals surface area contributed by atoms with Gasteiger partial charge in [0.05, 0.1) is 0 Å². The minimum atomic E-state index is 0.373. The predicted molar refractivity (Wildman–Crippen MR) is 83.4 cm³/mol. The van der Waals surface area contributed by atoms with Gasteiger partial charge in [0.1, 0.15) is 0 Å². The van der Waals surface area contributed by atoms with E-state index in [1.165, 1.54) is 38.8 Å². The van der Waals surface area contributed by atoms with E-state index in [0.717, 1.165) is 18.4 Å². The van der Waals surface area contributed by atoms with Gasteiger partial charge in [0, 0.05) is 31.7 Å². The smallest absolute Gasteiger partial charge is 0.0244 e. The average Bonchev–Trinajstić information content (AvgIpc) is 2.30. The fraction of sp³-hybridized carbons (Fsp3) is 1.00. The Kier molecular flexibility index (Phi) is 4.94. The van der Waals surface area contributed by atoms with Crippen LogP contribution in [0.25, 0.3) is 0 Å². The van der Waals surface area contributed by atoms with Gasteiger partial charge in [-0.2, -0.15) is 0 Å². The Balaban J connectivity index is 1.90. The molecule has 112 valence electrons. The summed E-state index contributed by atoms with van der Waals surface area (Å²) in [5.74, 6) is 1.90. The average molecular weight is 266 g/mol. The van der Waals surface area contributed by atoms with Gasteiger partial charge in [-0.1, -0.05) is 40.5 Å². The summed E-state index contributed by atoms with van der Waals surface area (Å²) >= 11 is 0. The summed E-state index contributed by atoms with van der Waals surface area (Å²) in [5.41, 5.74) is 0.373. The van der Waals surface area contributed by atoms with Crippen LogP contribution in [-0.4, -0.2) is 36.6 Å². The van der Waals surface area contributed by atoms with Crippen LogP contribution in [0.2, 0.25) is 0 Å². The van der Waals surface area contributed by atoms with Gasteiger partial charge in [-0.15, -0.1) is 0 Å². The molecule has 1 saturated heterocycles. The molecular formula is C17H34N2. The summed E-state index contributed by atoms with van der Waals surface area (Å²) in [6, 6.07) is 1.35. The van der Waals surface area contributed by atoms with Gasteiger partial charge in [-0.25, -0.2) is 0 Å². The number of piperazine rings is 1. The number of rotatable bonds is 2. The molecule has 1 aliphatic carbocycles. The van der Waals surface area contributed by atoms with E-state index in [9.17, 15) is 0 Å². The maximum absolute atomic E-state index is 3.74. The molecule has 4 unspecified atom stereocenters. The second kappa shape index (κ2) is 6.13. The zero-order chi connectivity index (χ0) is 14.0. The van der Waals surface area contributed by atoms with Gasteiger partial charge in [-0.05, 0) is 37.0 Å². The molecule has 0 spiro atoms. The van der Waals surface area contributed by atoms with Crippen molar-refractivity contribution in [3.05, 3.63) is 0 Å². The molecule has 0 aromatic carbocycles. The van der Waals surface area contributed by atoms with Gasteiger partial charge >= 0.3 is 0 Å². The molecular weight excluding hydrogens is 232 g/mol. The molecule has 4 atom stereocenters. The van der Waals surface area contributed by atoms with E-state index in [0.29, 0.717) is 17.5 Å². The van der Waals surface area contributed by atoms with E-state index in [-0.39, 0.29) is 0 Å². The topological polar surface area (TPSA) is 15.3 Å². The van der Waals surface area contributed by atoms with E-state index in [4.69, 9.17) is 0 Å². The molecule has 0 aromatic heterocycles. The Labute approximate surface area is 120 Å². The summed E-state index contributed by atoms with van der Waals surface area (Å²) in [7, 11) is 0. The van der Waals surface area contributed by atoms with E-state index < -0.39 is 0 Å². The van der Waals surface area contributed by atoms with E-state index >= 15 is 0 Å². The number of nitrogens with zero attached hydrogens (tertiary/aromatic N) is 1. The molecule has 1 N–H and O–H groups in total. The minimum Gasteiger partial charge on any atom is -0.311 e. The SMILES string of the molecule is CC1CCCC(CN2CC(C(C)(C)C)NCC2C)C1. The van der Waals surface area contributed by atoms with Gasteiger partial charge in [0.25, 0.3) is 0 Å². The van der Waals surface area contributed by atoms with Crippen LogP contribution in [0.4, 0.5) is 0 Å². The molecule has 0 aromatic rings. The highest BCUT2D eigenvalue weighted by Crippen LogP contribution is 2.31. The van der Waals surface area contributed by atoms with Crippen LogP contribution < -0.4 is 5.32 Å². The first-order chi connectivity index (χ1) is 8.86. The highest BCUT2D eigenvalue weighted by Gasteiger charge is 2.33. The molecule has 0 bridgehead atoms. The van der Waals surface area contributed by atoms with Crippen molar-refractivity contribution in [3.8, 4) is 0 Å². The first-order valence-corrected chi connectivity index (χ1v) is 8.33. The molecule has 0 amide bonds. The monoisotopic (exact) mass is 266 g/mol. The molecule has 2 aliphatic rings. The van der Waals surface area contributed by atoms with Crippen LogP contribution in [0, 0.1) is 17.3 Å². The number of hydrogen-bond acceptors (Lipinski definition) is 2. The summed E-state index contributed by atoms with van der Waals surface area (Å²) in [6.45, 7) is 15.6. The molecule has 0 radical (unpaired) electrons. The summed E-state index contributed by atoms with van der Waals surface area (Å²) < 4.78 is 0. The molecule has 19 heavy (non-hydrogen) atoms. The highest BCUT2D eigenvalue weighted by atomic mass is 15.2. The van der Waals surface area contributed by atoms with Crippen molar-refractivity contribution in [1.29, 1.82) is 0 Å². The molecule has 2 rings (SSSR count). The zero-order valence-corrected chi connectivity index (χ0v) is 13.7. The lowest BCUT2D eigenvalue weighted by atomic mass is 9.81. The lowest BCUT2D eigenvalue weighted by molar-refractivity contribution is 0.0689. The maximum atomic E-state index is 3.74. The van der Waals surface area contributed by atoms with Crippen LogP contribution in [0.5, 0.6) is 0 Å². The standard InChI is InChI=1S/C17H34N2/c1-13-7-6-8-15(9-13)11-19-12-16(17(3,4)5)18-10-14(19)2/h13-16,18H,6-12H2,1-5H3. The quantitative estimate of drug-likeness (QED) is 0.822. The van der Waals surface area contributed by atoms with Gasteiger partial charge < -0.3 is 5.32 Å². The third-order valence-electron chi connectivity index (χ3n) is 5.28. The van der Waals surface area contributed by atoms with Crippen molar-refractivity contribution < 1.29 is 0 Å². The van der Waals surface area contributed by atoms with Crippen LogP contribution >= 0.6 is 0 Å². The van der Waals surface area contributed by atoms with E-state index in [2.05, 4.69) is 44.8 Å². The number of nitrogens with one attached hydrogen (secondary N) is 1.